The maximum Gasteiger partial charge on any atom is 0.0601 e. The van der Waals surface area contributed by atoms with Gasteiger partial charge < -0.3 is 10.1 Å². The van der Waals surface area contributed by atoms with E-state index in [1.165, 1.54) is 5.56 Å². The molecule has 0 saturated heterocycles. The van der Waals surface area contributed by atoms with Crippen molar-refractivity contribution in [3.63, 3.8) is 0 Å². The molecule has 0 radical (unpaired) electrons. The van der Waals surface area contributed by atoms with Crippen LogP contribution in [0, 0.1) is 0 Å². The summed E-state index contributed by atoms with van der Waals surface area (Å²) in [6.07, 6.45) is 2.65. The summed E-state index contributed by atoms with van der Waals surface area (Å²) >= 11 is 6.16. The first-order valence-electron chi connectivity index (χ1n) is 5.74. The Labute approximate surface area is 102 Å². The van der Waals surface area contributed by atoms with Gasteiger partial charge in [0.1, 0.15) is 0 Å². The summed E-state index contributed by atoms with van der Waals surface area (Å²) in [5.41, 5.74) is 1.17. The lowest BCUT2D eigenvalue weighted by molar-refractivity contribution is 0.0147. The molecule has 1 aromatic rings. The zero-order chi connectivity index (χ0) is 11.5. The van der Waals surface area contributed by atoms with E-state index < -0.39 is 0 Å². The van der Waals surface area contributed by atoms with Crippen LogP contribution in [0.5, 0.6) is 0 Å². The van der Waals surface area contributed by atoms with Crippen LogP contribution in [0.3, 0.4) is 0 Å². The smallest absolute Gasteiger partial charge is 0.0601 e. The lowest BCUT2D eigenvalue weighted by atomic mass is 9.88. The van der Waals surface area contributed by atoms with E-state index >= 15 is 0 Å². The summed E-state index contributed by atoms with van der Waals surface area (Å²) in [6.45, 7) is 2.15. The number of rotatable bonds is 4. The Hall–Kier alpha value is -0.570. The molecule has 0 aromatic heterocycles. The van der Waals surface area contributed by atoms with Crippen LogP contribution in [0.15, 0.2) is 24.3 Å². The predicted molar refractivity (Wildman–Crippen MR) is 66.8 cm³/mol. The number of nitrogens with one attached hydrogen (secondary N) is 1. The SMILES string of the molecule is COC1CC(N[C@H](C)c2ccccc2Cl)C1. The molecule has 1 N–H and O–H groups in total. The van der Waals surface area contributed by atoms with Crippen LogP contribution in [-0.4, -0.2) is 19.3 Å². The van der Waals surface area contributed by atoms with Gasteiger partial charge in [0.15, 0.2) is 0 Å². The molecule has 0 unspecified atom stereocenters. The highest BCUT2D eigenvalue weighted by molar-refractivity contribution is 6.31. The van der Waals surface area contributed by atoms with Crippen LogP contribution in [-0.2, 0) is 4.74 Å². The second-order valence-corrected chi connectivity index (χ2v) is 4.84. The summed E-state index contributed by atoms with van der Waals surface area (Å²) in [7, 11) is 1.78. The average molecular weight is 240 g/mol. The maximum atomic E-state index is 6.16. The van der Waals surface area contributed by atoms with Gasteiger partial charge in [-0.25, -0.2) is 0 Å². The molecule has 88 valence electrons. The minimum Gasteiger partial charge on any atom is -0.381 e. The monoisotopic (exact) mass is 239 g/mol. The third-order valence-corrected chi connectivity index (χ3v) is 3.63. The fraction of sp³-hybridized carbons (Fsp3) is 0.538. The molecule has 3 heteroatoms. The molecule has 0 aliphatic heterocycles. The maximum absolute atomic E-state index is 6.16. The Kier molecular flexibility index (Phi) is 3.85. The molecule has 1 atom stereocenters. The third-order valence-electron chi connectivity index (χ3n) is 3.29. The molecule has 0 spiro atoms. The van der Waals surface area contributed by atoms with Gasteiger partial charge >= 0.3 is 0 Å². The first-order valence-corrected chi connectivity index (χ1v) is 6.11. The predicted octanol–water partition coefficient (Wildman–Crippen LogP) is 3.17. The van der Waals surface area contributed by atoms with Crippen LogP contribution in [0.4, 0.5) is 0 Å². The first-order chi connectivity index (χ1) is 7.70. The Morgan fingerprint density at radius 2 is 2.06 bits per heavy atom. The van der Waals surface area contributed by atoms with Crippen LogP contribution in [0.1, 0.15) is 31.4 Å². The summed E-state index contributed by atoms with van der Waals surface area (Å²) in [5, 5.41) is 4.41. The van der Waals surface area contributed by atoms with Crippen molar-refractivity contribution in [2.45, 2.75) is 38.0 Å². The Bertz CT molecular complexity index is 350. The lowest BCUT2D eigenvalue weighted by Crippen LogP contribution is -2.45. The highest BCUT2D eigenvalue weighted by Crippen LogP contribution is 2.28. The van der Waals surface area contributed by atoms with E-state index in [4.69, 9.17) is 16.3 Å². The fourth-order valence-corrected chi connectivity index (χ4v) is 2.46. The van der Waals surface area contributed by atoms with Crippen molar-refractivity contribution in [1.29, 1.82) is 0 Å². The zero-order valence-electron chi connectivity index (χ0n) is 9.74. The lowest BCUT2D eigenvalue weighted by Gasteiger charge is -2.37. The molecule has 1 aliphatic carbocycles. The molecule has 2 nitrogen and oxygen atoms in total. The number of methoxy groups -OCH3 is 1. The van der Waals surface area contributed by atoms with Gasteiger partial charge in [-0.1, -0.05) is 29.8 Å². The van der Waals surface area contributed by atoms with Gasteiger partial charge in [-0.3, -0.25) is 0 Å². The molecule has 1 aromatic carbocycles. The molecule has 0 heterocycles. The molecular formula is C13H18ClNO. The van der Waals surface area contributed by atoms with Crippen LogP contribution < -0.4 is 5.32 Å². The summed E-state index contributed by atoms with van der Waals surface area (Å²) in [6, 6.07) is 8.87. The van der Waals surface area contributed by atoms with Crippen LogP contribution >= 0.6 is 11.6 Å². The van der Waals surface area contributed by atoms with E-state index in [1.54, 1.807) is 7.11 Å². The standard InChI is InChI=1S/C13H18ClNO/c1-9(12-5-3-4-6-13(12)14)15-10-7-11(8-10)16-2/h3-6,9-11,15H,7-8H2,1-2H3/t9-,10?,11?/m1/s1. The van der Waals surface area contributed by atoms with Gasteiger partial charge in [0, 0.05) is 24.2 Å². The van der Waals surface area contributed by atoms with Gasteiger partial charge in [0.2, 0.25) is 0 Å². The van der Waals surface area contributed by atoms with Crippen molar-refractivity contribution < 1.29 is 4.74 Å². The van der Waals surface area contributed by atoms with Gasteiger partial charge in [0.25, 0.3) is 0 Å². The van der Waals surface area contributed by atoms with Gasteiger partial charge in [-0.05, 0) is 31.4 Å². The molecule has 16 heavy (non-hydrogen) atoms. The van der Waals surface area contributed by atoms with Gasteiger partial charge in [0.05, 0.1) is 6.10 Å². The molecule has 0 amide bonds. The molecule has 1 aliphatic rings. The Balaban J connectivity index is 1.89. The second-order valence-electron chi connectivity index (χ2n) is 4.44. The number of ether oxygens (including phenoxy) is 1. The molecule has 2 rings (SSSR count). The third kappa shape index (κ3) is 2.57. The Morgan fingerprint density at radius 1 is 1.38 bits per heavy atom. The number of hydrogen-bond acceptors (Lipinski definition) is 2. The van der Waals surface area contributed by atoms with Gasteiger partial charge in [-0.15, -0.1) is 0 Å². The van der Waals surface area contributed by atoms with Crippen LogP contribution in [0.25, 0.3) is 0 Å². The molecular weight excluding hydrogens is 222 g/mol. The minimum absolute atomic E-state index is 0.302. The van der Waals surface area contributed by atoms with E-state index in [9.17, 15) is 0 Å². The fourth-order valence-electron chi connectivity index (χ4n) is 2.16. The zero-order valence-corrected chi connectivity index (χ0v) is 10.5. The summed E-state index contributed by atoms with van der Waals surface area (Å²) in [4.78, 5) is 0. The average Bonchev–Trinajstić information content (AvgIpc) is 2.23. The number of halogens is 1. The van der Waals surface area contributed by atoms with Crippen molar-refractivity contribution in [3.05, 3.63) is 34.9 Å². The number of benzene rings is 1. The van der Waals surface area contributed by atoms with E-state index in [0.29, 0.717) is 18.2 Å². The van der Waals surface area contributed by atoms with Crippen molar-refractivity contribution >= 4 is 11.6 Å². The Morgan fingerprint density at radius 3 is 2.69 bits per heavy atom. The second kappa shape index (κ2) is 5.17. The van der Waals surface area contributed by atoms with Crippen molar-refractivity contribution in [1.82, 2.24) is 5.32 Å². The molecule has 1 fully saturated rings. The van der Waals surface area contributed by atoms with Crippen molar-refractivity contribution in [2.75, 3.05) is 7.11 Å². The summed E-state index contributed by atoms with van der Waals surface area (Å²) in [5.74, 6) is 0. The highest BCUT2D eigenvalue weighted by Gasteiger charge is 2.30. The largest absolute Gasteiger partial charge is 0.381 e. The topological polar surface area (TPSA) is 21.3 Å². The normalized spacial score (nSPS) is 26.2. The first kappa shape index (κ1) is 11.9. The molecule has 1 saturated carbocycles. The van der Waals surface area contributed by atoms with E-state index in [2.05, 4.69) is 18.3 Å². The van der Waals surface area contributed by atoms with Crippen molar-refractivity contribution in [2.24, 2.45) is 0 Å². The van der Waals surface area contributed by atoms with Gasteiger partial charge in [-0.2, -0.15) is 0 Å². The highest BCUT2D eigenvalue weighted by atomic mass is 35.5. The van der Waals surface area contributed by atoms with E-state index in [-0.39, 0.29) is 0 Å². The van der Waals surface area contributed by atoms with Crippen LogP contribution in [0.2, 0.25) is 5.02 Å². The number of hydrogen-bond donors (Lipinski definition) is 1. The summed E-state index contributed by atoms with van der Waals surface area (Å²) < 4.78 is 5.26. The quantitative estimate of drug-likeness (QED) is 0.872. The molecule has 0 bridgehead atoms. The minimum atomic E-state index is 0.302. The van der Waals surface area contributed by atoms with E-state index in [0.717, 1.165) is 17.9 Å². The van der Waals surface area contributed by atoms with E-state index in [1.807, 2.05) is 18.2 Å². The van der Waals surface area contributed by atoms with Crippen molar-refractivity contribution in [3.8, 4) is 0 Å².